The van der Waals surface area contributed by atoms with Crippen molar-refractivity contribution in [2.24, 2.45) is 11.8 Å². The number of benzene rings is 2. The maximum Gasteiger partial charge on any atom is 0.239 e. The van der Waals surface area contributed by atoms with Crippen LogP contribution in [0.4, 0.5) is 5.69 Å². The molecule has 3 saturated heterocycles. The predicted octanol–water partition coefficient (Wildman–Crippen LogP) is 3.92. The molecule has 0 radical (unpaired) electrons. The van der Waals surface area contributed by atoms with Gasteiger partial charge in [-0.1, -0.05) is 54.1 Å². The minimum absolute atomic E-state index is 0.0565. The molecule has 3 fully saturated rings. The summed E-state index contributed by atoms with van der Waals surface area (Å²) >= 11 is 7.81. The van der Waals surface area contributed by atoms with E-state index in [4.69, 9.17) is 11.6 Å². The first kappa shape index (κ1) is 18.0. The van der Waals surface area contributed by atoms with E-state index in [-0.39, 0.29) is 35.7 Å². The molecule has 142 valence electrons. The second kappa shape index (κ2) is 7.07. The number of fused-ring (bicyclic) bond motifs is 3. The largest absolute Gasteiger partial charge is 0.282 e. The van der Waals surface area contributed by atoms with E-state index in [1.807, 2.05) is 42.1 Å². The highest BCUT2D eigenvalue weighted by Crippen LogP contribution is 2.48. The molecule has 2 aromatic carbocycles. The summed E-state index contributed by atoms with van der Waals surface area (Å²) in [5.41, 5.74) is 1.71. The molecule has 2 aromatic rings. The monoisotopic (exact) mass is 410 g/mol. The molecular weight excluding hydrogens is 392 g/mol. The van der Waals surface area contributed by atoms with Crippen LogP contribution in [0.2, 0.25) is 5.02 Å². The molecule has 6 heteroatoms. The first-order valence-electron chi connectivity index (χ1n) is 9.35. The average molecular weight is 411 g/mol. The molecule has 0 unspecified atom stereocenters. The average Bonchev–Trinajstić information content (AvgIpc) is 3.35. The lowest BCUT2D eigenvalue weighted by Crippen LogP contribution is -2.42. The van der Waals surface area contributed by atoms with Crippen molar-refractivity contribution in [3.8, 4) is 0 Å². The number of hydrogen-bond donors (Lipinski definition) is 0. The summed E-state index contributed by atoms with van der Waals surface area (Å²) in [6.07, 6.45) is 4.17. The van der Waals surface area contributed by atoms with Crippen LogP contribution in [-0.2, 0) is 9.59 Å². The number of anilines is 1. The van der Waals surface area contributed by atoms with Crippen molar-refractivity contribution < 1.29 is 9.59 Å². The SMILES string of the molecule is O=C1[C@@H]2[C@@H](C(=O)N1c1ccc(Cl)cc1)[C@H]1CSCN1[C@@H]2/C=C/c1ccccc1. The Morgan fingerprint density at radius 3 is 2.43 bits per heavy atom. The Labute approximate surface area is 173 Å². The molecule has 0 N–H and O–H groups in total. The molecule has 0 bridgehead atoms. The Hall–Kier alpha value is -2.08. The summed E-state index contributed by atoms with van der Waals surface area (Å²) in [7, 11) is 0. The van der Waals surface area contributed by atoms with Gasteiger partial charge in [0.15, 0.2) is 0 Å². The molecule has 3 aliphatic heterocycles. The summed E-state index contributed by atoms with van der Waals surface area (Å²) in [5, 5.41) is 0.588. The second-order valence-electron chi connectivity index (χ2n) is 7.38. The van der Waals surface area contributed by atoms with Crippen LogP contribution in [0, 0.1) is 11.8 Å². The van der Waals surface area contributed by atoms with Crippen LogP contribution in [0.15, 0.2) is 60.7 Å². The van der Waals surface area contributed by atoms with E-state index in [2.05, 4.69) is 17.1 Å². The lowest BCUT2D eigenvalue weighted by Gasteiger charge is -2.25. The predicted molar refractivity (Wildman–Crippen MR) is 113 cm³/mol. The summed E-state index contributed by atoms with van der Waals surface area (Å²) in [5.74, 6) is 0.982. The normalized spacial score (nSPS) is 29.7. The molecule has 0 aromatic heterocycles. The van der Waals surface area contributed by atoms with Gasteiger partial charge in [-0.05, 0) is 29.8 Å². The lowest BCUT2D eigenvalue weighted by atomic mass is 9.89. The van der Waals surface area contributed by atoms with Crippen LogP contribution in [-0.4, -0.2) is 40.4 Å². The minimum Gasteiger partial charge on any atom is -0.282 e. The summed E-state index contributed by atoms with van der Waals surface area (Å²) in [6, 6.07) is 17.1. The minimum atomic E-state index is -0.325. The molecule has 5 rings (SSSR count). The van der Waals surface area contributed by atoms with Gasteiger partial charge in [0.05, 0.1) is 17.5 Å². The second-order valence-corrected chi connectivity index (χ2v) is 8.82. The van der Waals surface area contributed by atoms with Gasteiger partial charge in [-0.2, -0.15) is 0 Å². The van der Waals surface area contributed by atoms with Crippen molar-refractivity contribution in [3.63, 3.8) is 0 Å². The first-order chi connectivity index (χ1) is 13.6. The van der Waals surface area contributed by atoms with Gasteiger partial charge in [-0.3, -0.25) is 14.5 Å². The highest BCUT2D eigenvalue weighted by molar-refractivity contribution is 7.99. The Kier molecular flexibility index (Phi) is 4.54. The van der Waals surface area contributed by atoms with Crippen molar-refractivity contribution in [2.45, 2.75) is 12.1 Å². The van der Waals surface area contributed by atoms with Gasteiger partial charge in [0.1, 0.15) is 0 Å². The molecule has 28 heavy (non-hydrogen) atoms. The van der Waals surface area contributed by atoms with Crippen LogP contribution in [0.3, 0.4) is 0 Å². The fourth-order valence-corrected chi connectivity index (χ4v) is 6.06. The Bertz CT molecular complexity index is 947. The number of rotatable bonds is 3. The van der Waals surface area contributed by atoms with Gasteiger partial charge < -0.3 is 0 Å². The number of carbonyl (C=O) groups is 2. The van der Waals surface area contributed by atoms with Gasteiger partial charge in [0, 0.05) is 28.7 Å². The fraction of sp³-hybridized carbons (Fsp3) is 0.273. The van der Waals surface area contributed by atoms with Gasteiger partial charge in [0.2, 0.25) is 11.8 Å². The van der Waals surface area contributed by atoms with Gasteiger partial charge in [-0.25, -0.2) is 4.90 Å². The first-order valence-corrected chi connectivity index (χ1v) is 10.9. The number of thioether (sulfide) groups is 1. The van der Waals surface area contributed by atoms with Crippen molar-refractivity contribution in [1.82, 2.24) is 4.90 Å². The van der Waals surface area contributed by atoms with Gasteiger partial charge in [0.25, 0.3) is 0 Å². The van der Waals surface area contributed by atoms with E-state index in [1.165, 1.54) is 4.90 Å². The van der Waals surface area contributed by atoms with E-state index >= 15 is 0 Å². The third-order valence-electron chi connectivity index (χ3n) is 5.89. The molecule has 4 nitrogen and oxygen atoms in total. The molecule has 3 heterocycles. The van der Waals surface area contributed by atoms with E-state index in [1.54, 1.807) is 24.3 Å². The number of hydrogen-bond acceptors (Lipinski definition) is 4. The van der Waals surface area contributed by atoms with E-state index < -0.39 is 0 Å². The number of carbonyl (C=O) groups excluding carboxylic acids is 2. The maximum atomic E-state index is 13.3. The third kappa shape index (κ3) is 2.81. The van der Waals surface area contributed by atoms with Crippen molar-refractivity contribution in [2.75, 3.05) is 16.5 Å². The zero-order chi connectivity index (χ0) is 19.3. The van der Waals surface area contributed by atoms with Crippen molar-refractivity contribution in [3.05, 3.63) is 71.3 Å². The zero-order valence-corrected chi connectivity index (χ0v) is 16.6. The van der Waals surface area contributed by atoms with Crippen molar-refractivity contribution >= 4 is 46.9 Å². The van der Waals surface area contributed by atoms with Gasteiger partial charge in [-0.15, -0.1) is 11.8 Å². The van der Waals surface area contributed by atoms with Crippen LogP contribution >= 0.6 is 23.4 Å². The number of nitrogens with zero attached hydrogens (tertiary/aromatic N) is 2. The lowest BCUT2D eigenvalue weighted by molar-refractivity contribution is -0.123. The number of halogens is 1. The quantitative estimate of drug-likeness (QED) is 0.719. The molecular formula is C22H19ClN2O2S. The van der Waals surface area contributed by atoms with Crippen LogP contribution in [0.1, 0.15) is 5.56 Å². The third-order valence-corrected chi connectivity index (χ3v) is 7.20. The summed E-state index contributed by atoms with van der Waals surface area (Å²) < 4.78 is 0. The zero-order valence-electron chi connectivity index (χ0n) is 15.1. The molecule has 0 aliphatic carbocycles. The molecule has 0 spiro atoms. The van der Waals surface area contributed by atoms with Gasteiger partial charge >= 0.3 is 0 Å². The number of imide groups is 1. The smallest absolute Gasteiger partial charge is 0.239 e. The highest BCUT2D eigenvalue weighted by Gasteiger charge is 2.62. The van der Waals surface area contributed by atoms with E-state index in [0.29, 0.717) is 10.7 Å². The topological polar surface area (TPSA) is 40.6 Å². The Balaban J connectivity index is 1.50. The summed E-state index contributed by atoms with van der Waals surface area (Å²) in [4.78, 5) is 30.3. The Morgan fingerprint density at radius 1 is 0.964 bits per heavy atom. The van der Waals surface area contributed by atoms with Crippen LogP contribution < -0.4 is 4.90 Å². The molecule has 4 atom stereocenters. The Morgan fingerprint density at radius 2 is 1.68 bits per heavy atom. The summed E-state index contributed by atoms with van der Waals surface area (Å²) in [6.45, 7) is 0. The number of amides is 2. The van der Waals surface area contributed by atoms with Crippen molar-refractivity contribution in [1.29, 1.82) is 0 Å². The standard InChI is InChI=1S/C22H19ClN2O2S/c23-15-7-9-16(10-8-15)25-21(26)19-17(11-6-14-4-2-1-3-5-14)24-13-28-12-18(24)20(19)22(25)27/h1-11,17-20H,12-13H2/b11-6+/t17-,18-,19+,20+/m1/s1. The van der Waals surface area contributed by atoms with E-state index in [0.717, 1.165) is 17.2 Å². The highest BCUT2D eigenvalue weighted by atomic mass is 35.5. The molecule has 2 amide bonds. The van der Waals surface area contributed by atoms with Crippen LogP contribution in [0.5, 0.6) is 0 Å². The maximum absolute atomic E-state index is 13.3. The fourth-order valence-electron chi connectivity index (χ4n) is 4.62. The van der Waals surface area contributed by atoms with Crippen LogP contribution in [0.25, 0.3) is 6.08 Å². The van der Waals surface area contributed by atoms with E-state index in [9.17, 15) is 9.59 Å². The molecule has 0 saturated carbocycles. The molecule has 3 aliphatic rings.